The summed E-state index contributed by atoms with van der Waals surface area (Å²) in [5.74, 6) is -0.864. The molecule has 0 radical (unpaired) electrons. The molecule has 9 nitrogen and oxygen atoms in total. The van der Waals surface area contributed by atoms with Gasteiger partial charge in [0.1, 0.15) is 0 Å². The van der Waals surface area contributed by atoms with Crippen molar-refractivity contribution in [1.82, 2.24) is 9.62 Å². The highest BCUT2D eigenvalue weighted by atomic mass is 32.2. The van der Waals surface area contributed by atoms with Gasteiger partial charge in [0.2, 0.25) is 5.09 Å². The van der Waals surface area contributed by atoms with Gasteiger partial charge in [-0.1, -0.05) is 0 Å². The van der Waals surface area contributed by atoms with Crippen LogP contribution in [0, 0.1) is 0 Å². The molecular weight excluding hydrogens is 360 g/mol. The summed E-state index contributed by atoms with van der Waals surface area (Å²) in [4.78, 5) is 12.1. The molecule has 24 heavy (non-hydrogen) atoms. The van der Waals surface area contributed by atoms with Gasteiger partial charge in [0.25, 0.3) is 15.9 Å². The van der Waals surface area contributed by atoms with Crippen LogP contribution in [0.5, 0.6) is 0 Å². The van der Waals surface area contributed by atoms with Gasteiger partial charge in [-0.3, -0.25) is 4.79 Å². The van der Waals surface area contributed by atoms with E-state index >= 15 is 0 Å². The molecule has 0 saturated carbocycles. The molecule has 1 aromatic rings. The van der Waals surface area contributed by atoms with Crippen LogP contribution in [0.2, 0.25) is 0 Å². The minimum absolute atomic E-state index is 0.0345. The third kappa shape index (κ3) is 3.63. The Morgan fingerprint density at radius 1 is 1.25 bits per heavy atom. The van der Waals surface area contributed by atoms with Gasteiger partial charge in [-0.05, 0) is 18.6 Å². The number of ether oxygens (including phenoxy) is 1. The van der Waals surface area contributed by atoms with Crippen molar-refractivity contribution >= 4 is 25.8 Å². The SMILES string of the molecule is O=C(NC1CCS(=O)(=O)C1)c1ccc(S(=O)(=O)N2CCOCC2)o1. The van der Waals surface area contributed by atoms with Crippen molar-refractivity contribution in [3.05, 3.63) is 17.9 Å². The number of sulfonamides is 1. The Morgan fingerprint density at radius 2 is 1.96 bits per heavy atom. The maximum Gasteiger partial charge on any atom is 0.287 e. The van der Waals surface area contributed by atoms with Gasteiger partial charge >= 0.3 is 0 Å². The summed E-state index contributed by atoms with van der Waals surface area (Å²) in [6.45, 7) is 1.07. The first-order valence-electron chi connectivity index (χ1n) is 7.47. The van der Waals surface area contributed by atoms with Gasteiger partial charge in [-0.15, -0.1) is 0 Å². The number of nitrogens with one attached hydrogen (secondary N) is 1. The van der Waals surface area contributed by atoms with E-state index < -0.39 is 31.8 Å². The third-order valence-corrected chi connectivity index (χ3v) is 7.48. The zero-order valence-corrected chi connectivity index (χ0v) is 14.4. The lowest BCUT2D eigenvalue weighted by Crippen LogP contribution is -2.40. The molecule has 3 heterocycles. The maximum absolute atomic E-state index is 12.4. The van der Waals surface area contributed by atoms with Crippen LogP contribution in [-0.2, 0) is 24.6 Å². The zero-order chi connectivity index (χ0) is 17.4. The van der Waals surface area contributed by atoms with Crippen molar-refractivity contribution in [2.24, 2.45) is 0 Å². The molecule has 2 saturated heterocycles. The molecule has 0 bridgehead atoms. The zero-order valence-electron chi connectivity index (χ0n) is 12.8. The van der Waals surface area contributed by atoms with Crippen molar-refractivity contribution < 1.29 is 30.8 Å². The Bertz CT molecular complexity index is 822. The van der Waals surface area contributed by atoms with E-state index in [0.29, 0.717) is 19.6 Å². The molecule has 1 unspecified atom stereocenters. The lowest BCUT2D eigenvalue weighted by molar-refractivity contribution is 0.0722. The Balaban J connectivity index is 1.69. The van der Waals surface area contributed by atoms with Crippen LogP contribution in [0.1, 0.15) is 17.0 Å². The van der Waals surface area contributed by atoms with Gasteiger partial charge in [-0.25, -0.2) is 16.8 Å². The standard InChI is InChI=1S/C13H18N2O7S2/c16-13(14-10-3-8-23(17,18)9-10)11-1-2-12(22-11)24(19,20)15-4-6-21-7-5-15/h1-2,10H,3-9H2,(H,14,16). The molecule has 1 aromatic heterocycles. The first-order chi connectivity index (χ1) is 11.3. The molecule has 2 fully saturated rings. The number of furan rings is 1. The summed E-state index contributed by atoms with van der Waals surface area (Å²) in [5, 5.41) is 2.24. The van der Waals surface area contributed by atoms with E-state index in [1.807, 2.05) is 0 Å². The maximum atomic E-state index is 12.4. The number of carbonyl (C=O) groups is 1. The van der Waals surface area contributed by atoms with Crippen LogP contribution < -0.4 is 5.32 Å². The molecule has 134 valence electrons. The van der Waals surface area contributed by atoms with Crippen LogP contribution in [0.3, 0.4) is 0 Å². The predicted octanol–water partition coefficient (Wildman–Crippen LogP) is -0.783. The molecule has 0 spiro atoms. The third-order valence-electron chi connectivity index (χ3n) is 3.94. The van der Waals surface area contributed by atoms with E-state index in [0.717, 1.165) is 0 Å². The fourth-order valence-corrected chi connectivity index (χ4v) is 5.65. The van der Waals surface area contributed by atoms with Crippen molar-refractivity contribution in [1.29, 1.82) is 0 Å². The quantitative estimate of drug-likeness (QED) is 0.729. The largest absolute Gasteiger partial charge is 0.438 e. The first kappa shape index (κ1) is 17.4. The van der Waals surface area contributed by atoms with Crippen molar-refractivity contribution in [3.8, 4) is 0 Å². The predicted molar refractivity (Wildman–Crippen MR) is 82.8 cm³/mol. The molecule has 1 atom stereocenters. The number of carbonyl (C=O) groups excluding carboxylic acids is 1. The first-order valence-corrected chi connectivity index (χ1v) is 10.7. The molecule has 0 aliphatic carbocycles. The highest BCUT2D eigenvalue weighted by Gasteiger charge is 2.32. The molecule has 3 rings (SSSR count). The van der Waals surface area contributed by atoms with Crippen molar-refractivity contribution in [3.63, 3.8) is 0 Å². The number of hydrogen-bond acceptors (Lipinski definition) is 7. The number of nitrogens with zero attached hydrogens (tertiary/aromatic N) is 1. The number of rotatable bonds is 4. The smallest absolute Gasteiger partial charge is 0.287 e. The fraction of sp³-hybridized carbons (Fsp3) is 0.615. The monoisotopic (exact) mass is 378 g/mol. The Morgan fingerprint density at radius 3 is 2.58 bits per heavy atom. The summed E-state index contributed by atoms with van der Waals surface area (Å²) in [6.07, 6.45) is 0.341. The van der Waals surface area contributed by atoms with Gasteiger partial charge in [0.15, 0.2) is 15.6 Å². The van der Waals surface area contributed by atoms with Crippen molar-refractivity contribution in [2.75, 3.05) is 37.8 Å². The molecule has 11 heteroatoms. The number of hydrogen-bond donors (Lipinski definition) is 1. The Hall–Kier alpha value is -1.43. The normalized spacial score (nSPS) is 24.8. The van der Waals surface area contributed by atoms with E-state index in [-0.39, 0.29) is 35.4 Å². The van der Waals surface area contributed by atoms with Gasteiger partial charge < -0.3 is 14.5 Å². The summed E-state index contributed by atoms with van der Waals surface area (Å²) in [6, 6.07) is 2.02. The Labute approximate surface area is 139 Å². The molecule has 1 amide bonds. The van der Waals surface area contributed by atoms with Crippen LogP contribution in [-0.4, -0.2) is 70.9 Å². The van der Waals surface area contributed by atoms with Gasteiger partial charge in [0.05, 0.1) is 24.7 Å². The van der Waals surface area contributed by atoms with E-state index in [9.17, 15) is 21.6 Å². The topological polar surface area (TPSA) is 123 Å². The van der Waals surface area contributed by atoms with Gasteiger partial charge in [0, 0.05) is 19.1 Å². The summed E-state index contributed by atoms with van der Waals surface area (Å²) in [7, 11) is -6.93. The van der Waals surface area contributed by atoms with Gasteiger partial charge in [-0.2, -0.15) is 4.31 Å². The minimum Gasteiger partial charge on any atom is -0.438 e. The number of morpholine rings is 1. The average Bonchev–Trinajstić information content (AvgIpc) is 3.15. The lowest BCUT2D eigenvalue weighted by atomic mass is 10.2. The Kier molecular flexibility index (Phi) is 4.69. The summed E-state index contributed by atoms with van der Waals surface area (Å²) < 4.78 is 59.2. The van der Waals surface area contributed by atoms with E-state index in [4.69, 9.17) is 9.15 Å². The highest BCUT2D eigenvalue weighted by Crippen LogP contribution is 2.20. The van der Waals surface area contributed by atoms with Crippen LogP contribution >= 0.6 is 0 Å². The van der Waals surface area contributed by atoms with Crippen LogP contribution in [0.15, 0.2) is 21.6 Å². The lowest BCUT2D eigenvalue weighted by Gasteiger charge is -2.24. The van der Waals surface area contributed by atoms with Crippen LogP contribution in [0.25, 0.3) is 0 Å². The molecular formula is C13H18N2O7S2. The van der Waals surface area contributed by atoms with Crippen molar-refractivity contribution in [2.45, 2.75) is 17.6 Å². The number of amides is 1. The number of sulfone groups is 1. The minimum atomic E-state index is -3.81. The van der Waals surface area contributed by atoms with E-state index in [1.54, 1.807) is 0 Å². The summed E-state index contributed by atoms with van der Waals surface area (Å²) in [5.41, 5.74) is 0. The molecule has 2 aliphatic rings. The second kappa shape index (κ2) is 6.47. The fourth-order valence-electron chi connectivity index (χ4n) is 2.66. The molecule has 1 N–H and O–H groups in total. The second-order valence-electron chi connectivity index (χ2n) is 5.71. The van der Waals surface area contributed by atoms with E-state index in [2.05, 4.69) is 5.32 Å². The van der Waals surface area contributed by atoms with E-state index in [1.165, 1.54) is 16.4 Å². The molecule has 2 aliphatic heterocycles. The highest BCUT2D eigenvalue weighted by molar-refractivity contribution is 7.91. The average molecular weight is 378 g/mol. The summed E-state index contributed by atoms with van der Waals surface area (Å²) >= 11 is 0. The molecule has 0 aromatic carbocycles. The second-order valence-corrected chi connectivity index (χ2v) is 9.81. The van der Waals surface area contributed by atoms with Crippen LogP contribution in [0.4, 0.5) is 0 Å².